The predicted molar refractivity (Wildman–Crippen MR) is 276 cm³/mol. The van der Waals surface area contributed by atoms with E-state index in [9.17, 15) is 0 Å². The largest absolute Gasteiger partial charge is 0.376 e. The Bertz CT molecular complexity index is 3810. The van der Waals surface area contributed by atoms with E-state index in [-0.39, 0.29) is 12.3 Å². The van der Waals surface area contributed by atoms with Gasteiger partial charge in [0.15, 0.2) is 0 Å². The van der Waals surface area contributed by atoms with Crippen molar-refractivity contribution in [2.45, 2.75) is 26.2 Å². The molecular weight excluding hydrogens is 792 g/mol. The molecule has 4 heteroatoms. The van der Waals surface area contributed by atoms with E-state index in [0.29, 0.717) is 0 Å². The molecule has 0 saturated carbocycles. The number of hydrogen-bond donors (Lipinski definition) is 0. The first kappa shape index (κ1) is 36.1. The summed E-state index contributed by atoms with van der Waals surface area (Å²) in [6.07, 6.45) is 0. The van der Waals surface area contributed by atoms with E-state index in [2.05, 4.69) is 225 Å². The van der Waals surface area contributed by atoms with Crippen molar-refractivity contribution < 1.29 is 0 Å². The van der Waals surface area contributed by atoms with Crippen molar-refractivity contribution in [1.29, 1.82) is 0 Å². The quantitative estimate of drug-likeness (QED) is 0.164. The van der Waals surface area contributed by atoms with Gasteiger partial charge in [-0.15, -0.1) is 11.3 Å². The van der Waals surface area contributed by atoms with Gasteiger partial charge in [0.1, 0.15) is 0 Å². The Hall–Kier alpha value is -7.40. The minimum Gasteiger partial charge on any atom is -0.376 e. The third kappa shape index (κ3) is 4.92. The average Bonchev–Trinajstić information content (AvgIpc) is 3.81. The fourth-order valence-corrected chi connectivity index (χ4v) is 12.8. The van der Waals surface area contributed by atoms with Gasteiger partial charge in [0.2, 0.25) is 0 Å². The van der Waals surface area contributed by atoms with Gasteiger partial charge in [0.05, 0.1) is 0 Å². The molecule has 0 N–H and O–H groups in total. The Morgan fingerprint density at radius 2 is 1.16 bits per heavy atom. The van der Waals surface area contributed by atoms with Crippen LogP contribution >= 0.6 is 11.3 Å². The van der Waals surface area contributed by atoms with Crippen molar-refractivity contribution >= 4 is 99.3 Å². The molecule has 0 unspecified atom stereocenters. The van der Waals surface area contributed by atoms with Crippen molar-refractivity contribution in [1.82, 2.24) is 0 Å². The minimum absolute atomic E-state index is 0.119. The zero-order chi connectivity index (χ0) is 42.4. The maximum Gasteiger partial charge on any atom is 0.333 e. The Balaban J connectivity index is 1.12. The average molecular weight is 833 g/mol. The summed E-state index contributed by atoms with van der Waals surface area (Å²) < 4.78 is 2.62. The van der Waals surface area contributed by atoms with Crippen molar-refractivity contribution in [2.24, 2.45) is 0 Å². The van der Waals surface area contributed by atoms with Crippen LogP contribution in [-0.4, -0.2) is 6.85 Å². The molecule has 0 spiro atoms. The molecule has 3 aliphatic rings. The molecular formula is C60H41BN2S. The first-order valence-corrected chi connectivity index (χ1v) is 23.3. The van der Waals surface area contributed by atoms with Crippen LogP contribution in [0.1, 0.15) is 30.5 Å². The number of fused-ring (bicyclic) bond motifs is 13. The molecule has 64 heavy (non-hydrogen) atoms. The fourth-order valence-electron chi connectivity index (χ4n) is 11.7. The normalized spacial score (nSPS) is 14.2. The highest BCUT2D eigenvalue weighted by atomic mass is 32.1. The van der Waals surface area contributed by atoms with Gasteiger partial charge in [-0.1, -0.05) is 153 Å². The van der Waals surface area contributed by atoms with Crippen LogP contribution in [0.4, 0.5) is 28.4 Å². The molecule has 1 aliphatic carbocycles. The molecule has 2 nitrogen and oxygen atoms in total. The van der Waals surface area contributed by atoms with Gasteiger partial charge >= 0.3 is 6.85 Å². The fraction of sp³-hybridized carbons (Fsp3) is 0.0667. The van der Waals surface area contributed by atoms with Crippen molar-refractivity contribution in [2.75, 3.05) is 9.71 Å². The lowest BCUT2D eigenvalue weighted by atomic mass is 9.43. The highest BCUT2D eigenvalue weighted by molar-refractivity contribution is 7.26. The van der Waals surface area contributed by atoms with E-state index >= 15 is 0 Å². The van der Waals surface area contributed by atoms with E-state index in [1.54, 1.807) is 0 Å². The molecule has 0 radical (unpaired) electrons. The Morgan fingerprint density at radius 1 is 0.453 bits per heavy atom. The Labute approximate surface area is 377 Å². The Morgan fingerprint density at radius 3 is 2.00 bits per heavy atom. The van der Waals surface area contributed by atoms with Crippen LogP contribution in [0.15, 0.2) is 194 Å². The van der Waals surface area contributed by atoms with Crippen LogP contribution in [0, 0.1) is 6.92 Å². The maximum atomic E-state index is 2.71. The molecule has 0 fully saturated rings. The summed E-state index contributed by atoms with van der Waals surface area (Å²) in [4.78, 5) is 5.32. The van der Waals surface area contributed by atoms with Gasteiger partial charge in [0.25, 0.3) is 0 Å². The van der Waals surface area contributed by atoms with Crippen LogP contribution in [0.3, 0.4) is 0 Å². The van der Waals surface area contributed by atoms with Gasteiger partial charge in [-0.05, 0) is 138 Å². The van der Waals surface area contributed by atoms with E-state index in [1.165, 1.54) is 131 Å². The number of benzene rings is 10. The van der Waals surface area contributed by atoms with Crippen LogP contribution in [0.25, 0.3) is 75.1 Å². The summed E-state index contributed by atoms with van der Waals surface area (Å²) in [7, 11) is 0. The van der Waals surface area contributed by atoms with Crippen molar-refractivity contribution in [3.05, 3.63) is 211 Å². The van der Waals surface area contributed by atoms with Crippen molar-refractivity contribution in [3.63, 3.8) is 0 Å². The number of aryl methyl sites for hydroxylation is 1. The predicted octanol–water partition coefficient (Wildman–Crippen LogP) is 15.4. The zero-order valence-corrected chi connectivity index (χ0v) is 36.7. The molecule has 1 aromatic heterocycles. The van der Waals surface area contributed by atoms with Crippen LogP contribution in [0.5, 0.6) is 0 Å². The van der Waals surface area contributed by atoms with E-state index < -0.39 is 0 Å². The highest BCUT2D eigenvalue weighted by Crippen LogP contribution is 2.54. The molecule has 2 aliphatic heterocycles. The van der Waals surface area contributed by atoms with Crippen LogP contribution in [-0.2, 0) is 5.41 Å². The maximum absolute atomic E-state index is 2.71. The molecule has 11 aromatic rings. The second-order valence-electron chi connectivity index (χ2n) is 18.5. The van der Waals surface area contributed by atoms with Gasteiger partial charge in [-0.25, -0.2) is 0 Å². The molecule has 3 heterocycles. The summed E-state index contributed by atoms with van der Waals surface area (Å²) in [6.45, 7) is 6.97. The van der Waals surface area contributed by atoms with Crippen LogP contribution in [0.2, 0.25) is 0 Å². The number of anilines is 5. The lowest BCUT2D eigenvalue weighted by molar-refractivity contribution is 0.660. The number of nitrogens with zero attached hydrogens (tertiary/aromatic N) is 2. The first-order valence-electron chi connectivity index (χ1n) is 22.4. The molecule has 300 valence electrons. The molecule has 0 amide bonds. The summed E-state index contributed by atoms with van der Waals surface area (Å²) in [5.41, 5.74) is 20.4. The minimum atomic E-state index is -0.143. The second kappa shape index (κ2) is 13.1. The van der Waals surface area contributed by atoms with Gasteiger partial charge in [0, 0.05) is 59.6 Å². The van der Waals surface area contributed by atoms with Crippen LogP contribution < -0.4 is 20.6 Å². The third-order valence-electron chi connectivity index (χ3n) is 14.7. The van der Waals surface area contributed by atoms with Gasteiger partial charge in [-0.3, -0.25) is 0 Å². The second-order valence-corrected chi connectivity index (χ2v) is 19.6. The molecule has 14 rings (SSSR count). The van der Waals surface area contributed by atoms with Crippen molar-refractivity contribution in [3.8, 4) is 33.4 Å². The first-order chi connectivity index (χ1) is 31.4. The summed E-state index contributed by atoms with van der Waals surface area (Å²) >= 11 is 1.90. The van der Waals surface area contributed by atoms with Gasteiger partial charge in [-0.2, -0.15) is 0 Å². The lowest BCUT2D eigenvalue weighted by Gasteiger charge is -2.46. The van der Waals surface area contributed by atoms with E-state index in [0.717, 1.165) is 0 Å². The molecule has 0 atom stereocenters. The SMILES string of the molecule is Cc1cc(-c2ccccc2)ccc1N1c2cc3sc4ccccc4c3cc2B2c3c1cc1ccccc1c3-c1cc3ccccc3cc1N2c1ccc2c(c1)C(C)(C)c1ccccc1-2. The Kier molecular flexibility index (Phi) is 7.38. The molecule has 10 aromatic carbocycles. The standard InChI is InChI=1S/C60H41BN2S/c1-36-29-40(37-15-5-4-6-16-37)25-28-52(36)62-54-35-57-47(46-22-12-14-24-56(46)64-57)34-51(54)61-59-55(62)32-41-19-9-10-20-43(41)58(59)48-30-38-17-7-8-18-39(38)31-53(48)63(61)42-26-27-45-44-21-11-13-23-49(44)60(2,3)50(45)33-42/h4-35H,1-3H3. The topological polar surface area (TPSA) is 6.48 Å². The summed E-state index contributed by atoms with van der Waals surface area (Å²) in [5, 5.41) is 7.66. The lowest BCUT2D eigenvalue weighted by Crippen LogP contribution is -2.61. The number of hydrogen-bond acceptors (Lipinski definition) is 3. The summed E-state index contributed by atoms with van der Waals surface area (Å²) in [6, 6.07) is 73.6. The zero-order valence-electron chi connectivity index (χ0n) is 35.9. The number of rotatable bonds is 3. The number of thiophene rings is 1. The van der Waals surface area contributed by atoms with E-state index in [4.69, 9.17) is 0 Å². The monoisotopic (exact) mass is 832 g/mol. The highest BCUT2D eigenvalue weighted by Gasteiger charge is 2.47. The smallest absolute Gasteiger partial charge is 0.333 e. The molecule has 0 bridgehead atoms. The molecule has 0 saturated heterocycles. The summed E-state index contributed by atoms with van der Waals surface area (Å²) in [5.74, 6) is 0. The third-order valence-corrected chi connectivity index (χ3v) is 15.8. The van der Waals surface area contributed by atoms with Gasteiger partial charge < -0.3 is 9.71 Å². The van der Waals surface area contributed by atoms with E-state index in [1.807, 2.05) is 11.3 Å².